The van der Waals surface area contributed by atoms with Crippen LogP contribution in [0.25, 0.3) is 0 Å². The number of benzene rings is 1. The Bertz CT molecular complexity index is 1930. The molecule has 1 aromatic heterocycles. The second-order valence-electron chi connectivity index (χ2n) is 18.6. The number of likely N-dealkylation sites (N-methyl/N-ethyl adjacent to an activating group) is 2. The minimum atomic E-state index is -0.970. The fraction of sp³-hybridized carbons (Fsp3) is 0.686. The number of pyridine rings is 1. The third-order valence-electron chi connectivity index (χ3n) is 12.1. The first-order chi connectivity index (χ1) is 33.5. The number of aromatic nitrogens is 1. The zero-order chi connectivity index (χ0) is 54.2. The van der Waals surface area contributed by atoms with Crippen molar-refractivity contribution in [2.45, 2.75) is 167 Å². The quantitative estimate of drug-likeness (QED) is 0.0484. The Kier molecular flexibility index (Phi) is 29.6. The maximum Gasteiger partial charge on any atom is 0.410 e. The van der Waals surface area contributed by atoms with E-state index in [0.717, 1.165) is 0 Å². The van der Waals surface area contributed by atoms with Crippen molar-refractivity contribution in [3.05, 3.63) is 64.3 Å². The van der Waals surface area contributed by atoms with E-state index in [1.807, 2.05) is 59.7 Å². The summed E-state index contributed by atoms with van der Waals surface area (Å²) in [7, 11) is 8.76. The highest BCUT2D eigenvalue weighted by atomic mass is 33.1. The van der Waals surface area contributed by atoms with Gasteiger partial charge in [0.2, 0.25) is 23.6 Å². The number of methoxy groups -OCH3 is 2. The molecule has 9 unspecified atom stereocenters. The number of aliphatic hydroxyl groups excluding tert-OH is 1. The summed E-state index contributed by atoms with van der Waals surface area (Å²) in [6.07, 6.45) is 1.39. The number of amides is 5. The van der Waals surface area contributed by atoms with Gasteiger partial charge < -0.3 is 39.8 Å². The van der Waals surface area contributed by atoms with Gasteiger partial charge in [-0.3, -0.25) is 34.2 Å². The van der Waals surface area contributed by atoms with E-state index in [1.54, 1.807) is 57.8 Å². The van der Waals surface area contributed by atoms with Crippen molar-refractivity contribution < 1.29 is 48.2 Å². The molecule has 2 aromatic rings. The molecule has 0 radical (unpaired) electrons. The molecule has 18 nitrogen and oxygen atoms in total. The molecule has 1 aliphatic heterocycles. The lowest BCUT2D eigenvalue weighted by Gasteiger charge is -2.39. The number of nitrogens with one attached hydrogen (secondary N) is 2. The van der Waals surface area contributed by atoms with Crippen LogP contribution in [-0.4, -0.2) is 149 Å². The predicted octanol–water partition coefficient (Wildman–Crippen LogP) is 8.32. The highest BCUT2D eigenvalue weighted by molar-refractivity contribution is 8.77. The summed E-state index contributed by atoms with van der Waals surface area (Å²) in [5.41, 5.74) is 0.566. The Morgan fingerprint density at radius 3 is 2.10 bits per heavy atom. The minimum absolute atomic E-state index is 0.0148. The third kappa shape index (κ3) is 20.1. The van der Waals surface area contributed by atoms with Gasteiger partial charge in [0.25, 0.3) is 5.69 Å². The van der Waals surface area contributed by atoms with E-state index < -0.39 is 76.0 Å². The van der Waals surface area contributed by atoms with Crippen LogP contribution in [0.1, 0.15) is 127 Å². The molecule has 20 heteroatoms. The highest BCUT2D eigenvalue weighted by Gasteiger charge is 2.42. The molecule has 1 saturated heterocycles. The number of nitrogens with zero attached hydrogens (tertiary/aromatic N) is 5. The van der Waals surface area contributed by atoms with E-state index >= 15 is 0 Å². The Balaban J connectivity index is 0.00000484. The van der Waals surface area contributed by atoms with Crippen molar-refractivity contribution in [3.8, 4) is 0 Å². The molecule has 0 bridgehead atoms. The van der Waals surface area contributed by atoms with Crippen LogP contribution >= 0.6 is 21.6 Å². The van der Waals surface area contributed by atoms with Crippen molar-refractivity contribution >= 4 is 57.0 Å². The van der Waals surface area contributed by atoms with E-state index in [1.165, 1.54) is 71.3 Å². The zero-order valence-corrected chi connectivity index (χ0v) is 46.8. The number of carbonyl (C=O) groups excluding carboxylic acids is 5. The molecule has 1 aliphatic rings. The normalized spacial score (nSPS) is 16.8. The number of nitro groups is 1. The van der Waals surface area contributed by atoms with Gasteiger partial charge >= 0.3 is 6.09 Å². The highest BCUT2D eigenvalue weighted by Crippen LogP contribution is 2.40. The van der Waals surface area contributed by atoms with Gasteiger partial charge in [0.15, 0.2) is 0 Å². The van der Waals surface area contributed by atoms with Crippen molar-refractivity contribution in [2.75, 3.05) is 48.0 Å². The molecule has 2 heterocycles. The molecular formula is C51H85N7O11S2. The molecule has 3 N–H and O–H groups in total. The van der Waals surface area contributed by atoms with E-state index in [-0.39, 0.29) is 48.9 Å². The molecule has 0 saturated carbocycles. The summed E-state index contributed by atoms with van der Waals surface area (Å²) in [5.74, 6) is -2.58. The second-order valence-corrected chi connectivity index (χ2v) is 21.5. The fourth-order valence-corrected chi connectivity index (χ4v) is 10.2. The van der Waals surface area contributed by atoms with Gasteiger partial charge in [-0.25, -0.2) is 9.78 Å². The molecule has 402 valence electrons. The number of rotatable bonds is 25. The van der Waals surface area contributed by atoms with E-state index in [9.17, 15) is 39.2 Å². The summed E-state index contributed by atoms with van der Waals surface area (Å²) in [4.78, 5) is 87.5. The van der Waals surface area contributed by atoms with Gasteiger partial charge in [-0.2, -0.15) is 0 Å². The molecule has 9 atom stereocenters. The number of hydrogen-bond acceptors (Lipinski definition) is 14. The summed E-state index contributed by atoms with van der Waals surface area (Å²) in [6.45, 7) is 23.1. The minimum Gasteiger partial charge on any atom is -0.448 e. The topological polar surface area (TPSA) is 223 Å². The first-order valence-electron chi connectivity index (χ1n) is 24.8. The average molecular weight is 1040 g/mol. The van der Waals surface area contributed by atoms with Crippen LogP contribution in [0.3, 0.4) is 0 Å². The molecule has 1 aromatic carbocycles. The number of hydrogen-bond donors (Lipinski definition) is 3. The maximum atomic E-state index is 14.2. The number of likely N-dealkylation sites (tertiary alicyclic amines) is 1. The van der Waals surface area contributed by atoms with Crippen LogP contribution in [0.2, 0.25) is 0 Å². The van der Waals surface area contributed by atoms with Crippen LogP contribution in [0.4, 0.5) is 10.5 Å². The van der Waals surface area contributed by atoms with Gasteiger partial charge in [-0.1, -0.05) is 116 Å². The van der Waals surface area contributed by atoms with Crippen molar-refractivity contribution in [1.82, 2.24) is 30.3 Å². The molecule has 71 heavy (non-hydrogen) atoms. The predicted molar refractivity (Wildman–Crippen MR) is 282 cm³/mol. The van der Waals surface area contributed by atoms with Gasteiger partial charge in [0.05, 0.1) is 65.0 Å². The lowest BCUT2D eigenvalue weighted by Crippen LogP contribution is -2.56. The first-order valence-corrected chi connectivity index (χ1v) is 26.9. The van der Waals surface area contributed by atoms with Crippen LogP contribution in [0.5, 0.6) is 0 Å². The van der Waals surface area contributed by atoms with Crippen molar-refractivity contribution in [2.24, 2.45) is 17.8 Å². The van der Waals surface area contributed by atoms with Crippen molar-refractivity contribution in [1.29, 1.82) is 0 Å². The van der Waals surface area contributed by atoms with Crippen LogP contribution in [0.15, 0.2) is 53.7 Å². The van der Waals surface area contributed by atoms with Crippen LogP contribution < -0.4 is 10.6 Å². The largest absolute Gasteiger partial charge is 0.448 e. The first kappa shape index (κ1) is 64.5. The van der Waals surface area contributed by atoms with Gasteiger partial charge in [-0.15, -0.1) is 0 Å². The van der Waals surface area contributed by atoms with Crippen LogP contribution in [0, 0.1) is 27.9 Å². The second kappa shape index (κ2) is 32.5. The monoisotopic (exact) mass is 1040 g/mol. The van der Waals surface area contributed by atoms with Crippen LogP contribution in [-0.2, 0) is 33.4 Å². The molecule has 5 amide bonds. The van der Waals surface area contributed by atoms with E-state index in [2.05, 4.69) is 29.5 Å². The summed E-state index contributed by atoms with van der Waals surface area (Å²) >= 11 is 0. The average Bonchev–Trinajstić information content (AvgIpc) is 3.84. The smallest absolute Gasteiger partial charge is 0.410 e. The lowest BCUT2D eigenvalue weighted by atomic mass is 9.90. The summed E-state index contributed by atoms with van der Waals surface area (Å²) in [6, 6.07) is 9.50. The standard InChI is InChI=1S/C46H71N7O11S2.C3H8.C2H6/c1-13-29(4)40(35(62-11)24-37(54)52-23-17-20-34(52)42(63-12)30(5)43(57)49-31(6)41(56)32-18-15-14-16-19-32)50(9)38(55)26-48-44(58)39(28(2)3)51(10)45(59)64-27-46(7,8)66-65-36-22-21-33(25-47-36)53(60)61;1-3-2;1-2/h14-16,18-19,21-22,25,28-31,34-35,39-42,56H,13,17,20,23-24,26-27H2,1-12H3,(H,48,58)(H,49,57);3H2,1-2H3;1-2H3. The van der Waals surface area contributed by atoms with Gasteiger partial charge in [0, 0.05) is 40.9 Å². The van der Waals surface area contributed by atoms with Gasteiger partial charge in [0.1, 0.15) is 23.9 Å². The number of aliphatic hydroxyl groups is 1. The number of ether oxygens (including phenoxy) is 3. The molecule has 1 fully saturated rings. The lowest BCUT2D eigenvalue weighted by molar-refractivity contribution is -0.385. The Morgan fingerprint density at radius 2 is 1.58 bits per heavy atom. The molecule has 0 aliphatic carbocycles. The number of carbonyl (C=O) groups is 5. The van der Waals surface area contributed by atoms with E-state index in [4.69, 9.17) is 14.2 Å². The summed E-state index contributed by atoms with van der Waals surface area (Å²) < 4.78 is 16.9. The molecule has 3 rings (SSSR count). The Labute approximate surface area is 431 Å². The van der Waals surface area contributed by atoms with Gasteiger partial charge in [-0.05, 0) is 67.9 Å². The van der Waals surface area contributed by atoms with E-state index in [0.29, 0.717) is 36.4 Å². The Morgan fingerprint density at radius 1 is 0.958 bits per heavy atom. The third-order valence-corrected chi connectivity index (χ3v) is 15.3. The maximum absolute atomic E-state index is 14.2. The SMILES string of the molecule is CC.CCC.CCC(C)C(C(CC(=O)N1CCCC1C(OC)C(C)C(=O)NC(C)C(O)c1ccccc1)OC)N(C)C(=O)CNC(=O)C(C(C)C)N(C)C(=O)OCC(C)(C)SSc1ccc([N+](=O)[O-])cn1. The molecular weight excluding hydrogens is 951 g/mol. The molecule has 0 spiro atoms. The zero-order valence-electron chi connectivity index (χ0n) is 45.1. The summed E-state index contributed by atoms with van der Waals surface area (Å²) in [5, 5.41) is 28.0. The fourth-order valence-electron chi connectivity index (χ4n) is 8.18. The Hall–Kier alpha value is -4.50. The van der Waals surface area contributed by atoms with Crippen molar-refractivity contribution in [3.63, 3.8) is 0 Å².